The predicted molar refractivity (Wildman–Crippen MR) is 84.4 cm³/mol. The van der Waals surface area contributed by atoms with Gasteiger partial charge in [0.25, 0.3) is 0 Å². The first-order valence-electron chi connectivity index (χ1n) is 8.98. The standard InChI is InChI=1S/C18H35N/c1-4-6-12-18(13-7-5-2)14-15(3)16-10-8-9-11-17(16)19-18/h15-17,19H,4-14H2,1-3H3. The molecule has 1 aliphatic heterocycles. The lowest BCUT2D eigenvalue weighted by Gasteiger charge is -2.51. The van der Waals surface area contributed by atoms with Crippen LogP contribution in [0.1, 0.15) is 91.4 Å². The van der Waals surface area contributed by atoms with E-state index in [4.69, 9.17) is 0 Å². The zero-order chi connectivity index (χ0) is 13.7. The van der Waals surface area contributed by atoms with E-state index in [1.807, 2.05) is 0 Å². The third-order valence-corrected chi connectivity index (χ3v) is 5.77. The molecule has 1 heterocycles. The summed E-state index contributed by atoms with van der Waals surface area (Å²) in [5.74, 6) is 1.92. The Morgan fingerprint density at radius 3 is 2.26 bits per heavy atom. The molecule has 0 bridgehead atoms. The van der Waals surface area contributed by atoms with Crippen LogP contribution in [0.2, 0.25) is 0 Å². The molecule has 2 fully saturated rings. The highest BCUT2D eigenvalue weighted by atomic mass is 15.0. The SMILES string of the molecule is CCCCC1(CCCC)CC(C)C2CCCCC2N1. The molecule has 1 nitrogen and oxygen atoms in total. The number of piperidine rings is 1. The molecule has 1 saturated carbocycles. The number of nitrogens with one attached hydrogen (secondary N) is 1. The lowest BCUT2D eigenvalue weighted by Crippen LogP contribution is -2.60. The Morgan fingerprint density at radius 1 is 1.00 bits per heavy atom. The lowest BCUT2D eigenvalue weighted by molar-refractivity contribution is 0.0529. The molecule has 1 heteroatoms. The molecule has 0 amide bonds. The van der Waals surface area contributed by atoms with E-state index in [1.54, 1.807) is 0 Å². The van der Waals surface area contributed by atoms with Crippen LogP contribution in [0.3, 0.4) is 0 Å². The number of unbranched alkanes of at least 4 members (excludes halogenated alkanes) is 2. The van der Waals surface area contributed by atoms with Crippen molar-refractivity contribution in [2.45, 2.75) is 103 Å². The van der Waals surface area contributed by atoms with Gasteiger partial charge in [-0.15, -0.1) is 0 Å². The highest BCUT2D eigenvalue weighted by Gasteiger charge is 2.43. The quantitative estimate of drug-likeness (QED) is 0.687. The number of fused-ring (bicyclic) bond motifs is 1. The minimum atomic E-state index is 0.490. The summed E-state index contributed by atoms with van der Waals surface area (Å²) in [6.45, 7) is 7.21. The molecule has 0 aromatic rings. The van der Waals surface area contributed by atoms with Crippen LogP contribution in [0.15, 0.2) is 0 Å². The van der Waals surface area contributed by atoms with E-state index >= 15 is 0 Å². The van der Waals surface area contributed by atoms with Gasteiger partial charge in [-0.05, 0) is 43.9 Å². The minimum absolute atomic E-state index is 0.490. The van der Waals surface area contributed by atoms with Crippen molar-refractivity contribution in [3.05, 3.63) is 0 Å². The molecular weight excluding hydrogens is 230 g/mol. The van der Waals surface area contributed by atoms with Gasteiger partial charge in [-0.2, -0.15) is 0 Å². The molecule has 19 heavy (non-hydrogen) atoms. The first-order chi connectivity index (χ1) is 9.21. The summed E-state index contributed by atoms with van der Waals surface area (Å²) in [7, 11) is 0. The minimum Gasteiger partial charge on any atom is -0.308 e. The lowest BCUT2D eigenvalue weighted by atomic mass is 9.65. The summed E-state index contributed by atoms with van der Waals surface area (Å²) in [5, 5.41) is 4.17. The third kappa shape index (κ3) is 3.74. The van der Waals surface area contributed by atoms with Gasteiger partial charge in [-0.1, -0.05) is 59.3 Å². The molecule has 3 atom stereocenters. The van der Waals surface area contributed by atoms with Gasteiger partial charge >= 0.3 is 0 Å². The molecule has 0 radical (unpaired) electrons. The monoisotopic (exact) mass is 265 g/mol. The highest BCUT2D eigenvalue weighted by Crippen LogP contribution is 2.43. The van der Waals surface area contributed by atoms with E-state index < -0.39 is 0 Å². The highest BCUT2D eigenvalue weighted by molar-refractivity contribution is 5.01. The van der Waals surface area contributed by atoms with E-state index in [9.17, 15) is 0 Å². The van der Waals surface area contributed by atoms with Crippen LogP contribution in [0.25, 0.3) is 0 Å². The second kappa shape index (κ2) is 7.11. The fourth-order valence-electron chi connectivity index (χ4n) is 4.74. The van der Waals surface area contributed by atoms with Crippen LogP contribution in [0.5, 0.6) is 0 Å². The molecule has 2 rings (SSSR count). The summed E-state index contributed by atoms with van der Waals surface area (Å²) >= 11 is 0. The Morgan fingerprint density at radius 2 is 1.63 bits per heavy atom. The van der Waals surface area contributed by atoms with Crippen molar-refractivity contribution in [3.8, 4) is 0 Å². The maximum absolute atomic E-state index is 4.17. The molecule has 3 unspecified atom stereocenters. The number of hydrogen-bond donors (Lipinski definition) is 1. The third-order valence-electron chi connectivity index (χ3n) is 5.77. The molecule has 0 spiro atoms. The Labute approximate surface area is 120 Å². The molecule has 1 aliphatic carbocycles. The van der Waals surface area contributed by atoms with Crippen LogP contribution in [0, 0.1) is 11.8 Å². The average molecular weight is 265 g/mol. The molecular formula is C18H35N. The molecule has 2 aliphatic rings. The van der Waals surface area contributed by atoms with Gasteiger partial charge in [-0.25, -0.2) is 0 Å². The fourth-order valence-corrected chi connectivity index (χ4v) is 4.74. The van der Waals surface area contributed by atoms with Crippen molar-refractivity contribution in [3.63, 3.8) is 0 Å². The normalized spacial score (nSPS) is 33.9. The van der Waals surface area contributed by atoms with E-state index in [2.05, 4.69) is 26.1 Å². The van der Waals surface area contributed by atoms with Crippen LogP contribution in [-0.2, 0) is 0 Å². The van der Waals surface area contributed by atoms with E-state index in [1.165, 1.54) is 70.6 Å². The van der Waals surface area contributed by atoms with Gasteiger partial charge in [0, 0.05) is 11.6 Å². The predicted octanol–water partition coefficient (Wildman–Crippen LogP) is 5.29. The van der Waals surface area contributed by atoms with Crippen LogP contribution in [-0.4, -0.2) is 11.6 Å². The van der Waals surface area contributed by atoms with Crippen molar-refractivity contribution >= 4 is 0 Å². The van der Waals surface area contributed by atoms with Gasteiger partial charge in [0.05, 0.1) is 0 Å². The van der Waals surface area contributed by atoms with E-state index in [-0.39, 0.29) is 0 Å². The van der Waals surface area contributed by atoms with Crippen molar-refractivity contribution in [2.75, 3.05) is 0 Å². The van der Waals surface area contributed by atoms with Gasteiger partial charge in [0.2, 0.25) is 0 Å². The average Bonchev–Trinajstić information content (AvgIpc) is 2.43. The van der Waals surface area contributed by atoms with E-state index in [0.29, 0.717) is 5.54 Å². The Balaban J connectivity index is 2.04. The van der Waals surface area contributed by atoms with Crippen molar-refractivity contribution in [2.24, 2.45) is 11.8 Å². The largest absolute Gasteiger partial charge is 0.308 e. The molecule has 0 aromatic heterocycles. The van der Waals surface area contributed by atoms with Crippen molar-refractivity contribution < 1.29 is 0 Å². The maximum Gasteiger partial charge on any atom is 0.0186 e. The second-order valence-electron chi connectivity index (χ2n) is 7.37. The van der Waals surface area contributed by atoms with Gasteiger partial charge in [0.15, 0.2) is 0 Å². The summed E-state index contributed by atoms with van der Waals surface area (Å²) in [4.78, 5) is 0. The molecule has 1 saturated heterocycles. The van der Waals surface area contributed by atoms with E-state index in [0.717, 1.165) is 17.9 Å². The Bertz CT molecular complexity index is 252. The van der Waals surface area contributed by atoms with Crippen LogP contribution >= 0.6 is 0 Å². The van der Waals surface area contributed by atoms with Crippen molar-refractivity contribution in [1.29, 1.82) is 0 Å². The topological polar surface area (TPSA) is 12.0 Å². The fraction of sp³-hybridized carbons (Fsp3) is 1.00. The zero-order valence-electron chi connectivity index (χ0n) is 13.5. The maximum atomic E-state index is 4.17. The van der Waals surface area contributed by atoms with Gasteiger partial charge in [-0.3, -0.25) is 0 Å². The smallest absolute Gasteiger partial charge is 0.0186 e. The van der Waals surface area contributed by atoms with Crippen molar-refractivity contribution in [1.82, 2.24) is 5.32 Å². The summed E-state index contributed by atoms with van der Waals surface area (Å²) < 4.78 is 0. The number of hydrogen-bond acceptors (Lipinski definition) is 1. The molecule has 1 N–H and O–H groups in total. The van der Waals surface area contributed by atoms with Crippen LogP contribution < -0.4 is 5.32 Å². The van der Waals surface area contributed by atoms with Crippen LogP contribution in [0.4, 0.5) is 0 Å². The Hall–Kier alpha value is -0.0400. The molecule has 0 aromatic carbocycles. The van der Waals surface area contributed by atoms with Gasteiger partial charge in [0.1, 0.15) is 0 Å². The second-order valence-corrected chi connectivity index (χ2v) is 7.37. The first kappa shape index (κ1) is 15.4. The van der Waals surface area contributed by atoms with Gasteiger partial charge < -0.3 is 5.32 Å². The Kier molecular flexibility index (Phi) is 5.74. The first-order valence-corrected chi connectivity index (χ1v) is 8.98. The summed E-state index contributed by atoms with van der Waals surface area (Å²) in [5.41, 5.74) is 0.490. The zero-order valence-corrected chi connectivity index (χ0v) is 13.5. The number of rotatable bonds is 6. The summed E-state index contributed by atoms with van der Waals surface area (Å²) in [6.07, 6.45) is 15.6. The summed E-state index contributed by atoms with van der Waals surface area (Å²) in [6, 6.07) is 0.839. The molecule has 112 valence electrons.